The number of Topliss-reactive ketones (excluding diaryl/α,β-unsaturated/α-hetero) is 3. The first-order valence-electron chi connectivity index (χ1n) is 42.8. The van der Waals surface area contributed by atoms with Crippen LogP contribution in [0.15, 0.2) is 30.5 Å². The molecule has 21 heteroatoms. The average molecular weight is 1630 g/mol. The number of carbonyl (C=O) groups is 7. The van der Waals surface area contributed by atoms with Crippen LogP contribution in [0.3, 0.4) is 0 Å². The summed E-state index contributed by atoms with van der Waals surface area (Å²) in [5.74, 6) is 3.90. The second-order valence-electron chi connectivity index (χ2n) is 15.4. The van der Waals surface area contributed by atoms with E-state index in [0.717, 1.165) is 56.7 Å². The zero-order valence-electron chi connectivity index (χ0n) is 83.8. The van der Waals surface area contributed by atoms with Crippen LogP contribution in [0.4, 0.5) is 0 Å². The summed E-state index contributed by atoms with van der Waals surface area (Å²) >= 11 is 5.93. The number of thiophene rings is 1. The molecule has 0 spiro atoms. The first kappa shape index (κ1) is 172. The van der Waals surface area contributed by atoms with Crippen molar-refractivity contribution in [1.82, 2.24) is 37.2 Å². The molecule has 672 valence electrons. The molecule has 0 radical (unpaired) electrons. The Hall–Kier alpha value is -5.12. The highest BCUT2D eigenvalue weighted by atomic mass is 32.2. The summed E-state index contributed by atoms with van der Waals surface area (Å²) in [7, 11) is 7.90. The van der Waals surface area contributed by atoms with Gasteiger partial charge in [-0.3, -0.25) is 38.4 Å². The van der Waals surface area contributed by atoms with Crippen molar-refractivity contribution in [2.75, 3.05) is 54.9 Å². The van der Waals surface area contributed by atoms with Crippen molar-refractivity contribution in [3.8, 4) is 0 Å². The van der Waals surface area contributed by atoms with E-state index in [-0.39, 0.29) is 63.3 Å². The van der Waals surface area contributed by atoms with Gasteiger partial charge in [0.1, 0.15) is 12.2 Å². The number of thiocarbonyl (C=S) groups is 1. The molecular weight excluding hydrogens is 1420 g/mol. The molecule has 0 aliphatic carbocycles. The minimum absolute atomic E-state index is 0.0394. The van der Waals surface area contributed by atoms with Gasteiger partial charge in [-0.2, -0.15) is 0 Å². The third-order valence-electron chi connectivity index (χ3n) is 9.18. The van der Waals surface area contributed by atoms with Crippen molar-refractivity contribution < 1.29 is 33.6 Å². The largest absolute Gasteiger partial charge is 0.366 e. The van der Waals surface area contributed by atoms with Crippen LogP contribution >= 0.6 is 34.4 Å². The average Bonchev–Trinajstić information content (AvgIpc) is 1.63. The van der Waals surface area contributed by atoms with E-state index in [1.54, 1.807) is 54.0 Å². The van der Waals surface area contributed by atoms with E-state index in [1.165, 1.54) is 58.0 Å². The number of hydrogen-bond donors (Lipinski definition) is 7. The number of amides is 4. The predicted octanol–water partition coefficient (Wildman–Crippen LogP) is 26.0. The van der Waals surface area contributed by atoms with Gasteiger partial charge >= 0.3 is 0 Å². The molecule has 7 N–H and O–H groups in total. The van der Waals surface area contributed by atoms with E-state index in [0.29, 0.717) is 51.0 Å². The molecule has 3 rings (SSSR count). The highest BCUT2D eigenvalue weighted by Gasteiger charge is 2.11. The normalized spacial score (nSPS) is 7.87. The monoisotopic (exact) mass is 1630 g/mol. The lowest BCUT2D eigenvalue weighted by molar-refractivity contribution is -0.129. The fourth-order valence-corrected chi connectivity index (χ4v) is 6.44. The molecule has 1 aromatic heterocycles. The Morgan fingerprint density at radius 1 is 0.394 bits per heavy atom. The van der Waals surface area contributed by atoms with Crippen LogP contribution < -0.4 is 48.1 Å². The Morgan fingerprint density at radius 3 is 0.798 bits per heavy atom. The van der Waals surface area contributed by atoms with Gasteiger partial charge in [0.15, 0.2) is 16.7 Å². The lowest BCUT2D eigenvalue weighted by Gasteiger charge is -1.96. The third-order valence-corrected chi connectivity index (χ3v) is 11.7. The molecule has 4 amide bonds. The first-order valence-corrected chi connectivity index (χ1v) is 45.4. The molecule has 0 saturated heterocycles. The summed E-state index contributed by atoms with van der Waals surface area (Å²) in [6.45, 7) is 99.4. The third kappa shape index (κ3) is 192. The van der Waals surface area contributed by atoms with Gasteiger partial charge in [0.05, 0.1) is 21.2 Å². The van der Waals surface area contributed by atoms with E-state index in [4.69, 9.17) is 0 Å². The van der Waals surface area contributed by atoms with Gasteiger partial charge in [-0.1, -0.05) is 323 Å². The number of carbonyl (C=O) groups excluding carboxylic acids is 7. The lowest BCUT2D eigenvalue weighted by Crippen LogP contribution is -2.36. The number of rotatable bonds is 18. The van der Waals surface area contributed by atoms with Crippen LogP contribution in [0.2, 0.25) is 0 Å². The number of unbranched alkanes of at least 4 members (excludes halogenated alkanes) is 5. The molecule has 2 aromatic rings. The molecule has 0 saturated carbocycles. The van der Waals surface area contributed by atoms with Crippen LogP contribution in [-0.2, 0) is 24.0 Å². The second kappa shape index (κ2) is 201. The second-order valence-corrected chi connectivity index (χ2v) is 17.9. The zero-order chi connectivity index (χ0) is 93.9. The van der Waals surface area contributed by atoms with Crippen molar-refractivity contribution >= 4 is 97.8 Å². The zero-order valence-corrected chi connectivity index (χ0v) is 86.2. The van der Waals surface area contributed by atoms with Crippen LogP contribution in [0, 0.1) is 13.8 Å². The van der Waals surface area contributed by atoms with Crippen LogP contribution in [0.5, 0.6) is 0 Å². The van der Waals surface area contributed by atoms with Crippen LogP contribution in [0.25, 0.3) is 0 Å². The minimum atomic E-state index is -0.317. The van der Waals surface area contributed by atoms with Crippen molar-refractivity contribution in [1.29, 1.82) is 0 Å². The molecule has 0 unspecified atom stereocenters. The van der Waals surface area contributed by atoms with Crippen molar-refractivity contribution in [2.24, 2.45) is 8.80 Å². The lowest BCUT2D eigenvalue weighted by atomic mass is 10.1. The summed E-state index contributed by atoms with van der Waals surface area (Å²) in [6.07, 6.45) is 10.6. The molecule has 0 bridgehead atoms. The number of ketones is 3. The molecule has 0 atom stereocenters. The van der Waals surface area contributed by atoms with E-state index >= 15 is 0 Å². The van der Waals surface area contributed by atoms with Gasteiger partial charge in [0.25, 0.3) is 0 Å². The molecule has 2 heterocycles. The van der Waals surface area contributed by atoms with E-state index < -0.39 is 0 Å². The summed E-state index contributed by atoms with van der Waals surface area (Å²) < 4.78 is 8.20. The minimum Gasteiger partial charge on any atom is -0.366 e. The highest BCUT2D eigenvalue weighted by molar-refractivity contribution is 8.12. The van der Waals surface area contributed by atoms with Crippen LogP contribution in [-0.4, -0.2) is 118 Å². The van der Waals surface area contributed by atoms with Gasteiger partial charge < -0.3 is 42.0 Å². The standard InChI is InChI=1S/C10H12O2S.C8H16O.C7H15NO.C6H6O2.C5H10N2O2.C5H8N2S.C4H9NO.C4H11N.C3H8N2S.18C2H6/c1-3-7(11)9-5-6-10(13-9)8(12)4-2;1-3-4-5-6-7-8(2)9;1-3-4-5-6-7(9)8-2;1-3-4(2)6(8)5(3)7;1-6-4(8)3-5(9)7-2;1-4-5(2)7-8(3)6-4;1-3-5-4(2)6;1-3-5-4-2;1-4-3(6)5-2;18*1-2/h5-6H,3-4H2,1-2H3;3-7H2,1-2H3;3-6H2,1-2H3,(H,8,9);1-2H3;3H2,1-2H3,(H,6,8)(H,7,9);3H2,1-2H3;3H2,1-2H3,(H,5,6);5H,3-4H2,1-2H3;1-2H3,(H2,4,5,6);18*1-2H3. The number of hydrogen-bond acceptors (Lipinski definition) is 14. The maximum atomic E-state index is 11.2. The molecule has 109 heavy (non-hydrogen) atoms. The van der Waals surface area contributed by atoms with Crippen molar-refractivity contribution in [2.45, 2.75) is 416 Å². The summed E-state index contributed by atoms with van der Waals surface area (Å²) in [6, 6.07) is 3.47. The predicted molar refractivity (Wildman–Crippen MR) is 519 cm³/mol. The van der Waals surface area contributed by atoms with Gasteiger partial charge in [-0.05, 0) is 97.7 Å². The maximum absolute atomic E-state index is 11.2. The molecule has 1 aliphatic heterocycles. The molecule has 18 nitrogen and oxygen atoms in total. The highest BCUT2D eigenvalue weighted by Crippen LogP contribution is 2.20. The molecule has 1 aliphatic rings. The Kier molecular flexibility index (Phi) is 318. The fourth-order valence-electron chi connectivity index (χ4n) is 4.48. The van der Waals surface area contributed by atoms with Gasteiger partial charge in [-0.15, -0.1) is 11.3 Å². The van der Waals surface area contributed by atoms with E-state index in [9.17, 15) is 43.2 Å². The van der Waals surface area contributed by atoms with E-state index in [2.05, 4.69) is 91.8 Å². The van der Waals surface area contributed by atoms with E-state index in [1.807, 2.05) is 284 Å². The first-order chi connectivity index (χ1) is 52.3. The van der Waals surface area contributed by atoms with Gasteiger partial charge in [0, 0.05) is 96.4 Å². The van der Waals surface area contributed by atoms with Crippen molar-refractivity contribution in [3.63, 3.8) is 0 Å². The topological polar surface area (TPSA) is 263 Å². The Bertz CT molecular complexity index is 1940. The summed E-state index contributed by atoms with van der Waals surface area (Å²) in [5, 5.41) is 19.1. The van der Waals surface area contributed by atoms with Crippen LogP contribution in [0.1, 0.15) is 433 Å². The fraction of sp³-hybridized carbons (Fsp3) is 0.784. The molecule has 1 aromatic carbocycles. The Morgan fingerprint density at radius 2 is 0.651 bits per heavy atom. The quantitative estimate of drug-likeness (QED) is 0.0241. The van der Waals surface area contributed by atoms with Crippen molar-refractivity contribution in [3.05, 3.63) is 53.5 Å². The summed E-state index contributed by atoms with van der Waals surface area (Å²) in [5.41, 5.74) is 2.67. The smallest absolute Gasteiger partial charge is 0.229 e. The Labute approximate surface area is 697 Å². The molecular formula is C88H203N9O9S3. The summed E-state index contributed by atoms with van der Waals surface area (Å²) in [4.78, 5) is 96.3. The number of nitrogens with zero attached hydrogens (tertiary/aromatic N) is 2. The SMILES string of the molecule is C=S1N=C(C)C(C)=N1.CC.CC.CC.CC.CC.CC.CC.CC.CC.CC.CC.CC.CC.CC.CC.CC.CC.CC.CCC(=O)c1ccc(C(=O)CC)s1.CCCCCC(=O)NC.CCCCCCC(C)=O.CCNC(C)=O.CCNCC.CNC(=O)CC(=O)NC.CNC(=S)NC.Cc1c(C)c(=O)c1=O. The maximum Gasteiger partial charge on any atom is 0.229 e. The Balaban J connectivity index is -0.0000000324. The van der Waals surface area contributed by atoms with Gasteiger partial charge in [-0.25, -0.2) is 8.80 Å². The van der Waals surface area contributed by atoms with Gasteiger partial charge in [0.2, 0.25) is 34.5 Å². The molecule has 0 fully saturated rings. The number of nitrogens with one attached hydrogen (secondary N) is 7.